The highest BCUT2D eigenvalue weighted by Gasteiger charge is 2.05. The first kappa shape index (κ1) is 18.3. The summed E-state index contributed by atoms with van der Waals surface area (Å²) in [6.45, 7) is 2.02. The van der Waals surface area contributed by atoms with Gasteiger partial charge >= 0.3 is 0 Å². The van der Waals surface area contributed by atoms with Gasteiger partial charge in [-0.15, -0.1) is 0 Å². The number of hydrogen-bond acceptors (Lipinski definition) is 5. The Labute approximate surface area is 132 Å². The van der Waals surface area contributed by atoms with Gasteiger partial charge in [0.2, 0.25) is 5.91 Å². The maximum absolute atomic E-state index is 11.6. The number of carbonyl (C=O) groups is 1. The van der Waals surface area contributed by atoms with Crippen LogP contribution in [-0.4, -0.2) is 56.3 Å². The molecule has 1 rings (SSSR count). The zero-order valence-electron chi connectivity index (χ0n) is 13.5. The molecule has 0 saturated heterocycles. The number of nitrogen functional groups attached to an aromatic ring is 1. The van der Waals surface area contributed by atoms with E-state index in [2.05, 4.69) is 5.32 Å². The molecule has 6 heteroatoms. The molecular weight excluding hydrogens is 282 g/mol. The van der Waals surface area contributed by atoms with E-state index in [1.54, 1.807) is 0 Å². The molecule has 6 nitrogen and oxygen atoms in total. The predicted molar refractivity (Wildman–Crippen MR) is 87.9 cm³/mol. The molecule has 1 amide bonds. The lowest BCUT2D eigenvalue weighted by atomic mass is 10.1. The van der Waals surface area contributed by atoms with E-state index in [-0.39, 0.29) is 12.5 Å². The van der Waals surface area contributed by atoms with Gasteiger partial charge in [-0.05, 0) is 44.6 Å². The van der Waals surface area contributed by atoms with E-state index in [0.717, 1.165) is 12.1 Å². The van der Waals surface area contributed by atoms with Crippen molar-refractivity contribution in [2.75, 3.05) is 46.1 Å². The van der Waals surface area contributed by atoms with Gasteiger partial charge in [0, 0.05) is 26.1 Å². The first-order chi connectivity index (χ1) is 10.5. The molecule has 0 heterocycles. The average molecular weight is 309 g/mol. The zero-order valence-corrected chi connectivity index (χ0v) is 13.5. The Kier molecular flexibility index (Phi) is 8.32. The first-order valence-corrected chi connectivity index (χ1v) is 7.56. The summed E-state index contributed by atoms with van der Waals surface area (Å²) in [6.07, 6.45) is 1.62. The second kappa shape index (κ2) is 10.0. The normalized spacial score (nSPS) is 10.7. The molecule has 0 aliphatic heterocycles. The summed E-state index contributed by atoms with van der Waals surface area (Å²) < 4.78 is 5.62. The molecule has 124 valence electrons. The van der Waals surface area contributed by atoms with E-state index in [1.165, 1.54) is 0 Å². The molecule has 0 radical (unpaired) electrons. The number of aliphatic hydroxyl groups is 1. The fraction of sp³-hybridized carbons (Fsp3) is 0.562. The predicted octanol–water partition coefficient (Wildman–Crippen LogP) is 0.640. The minimum absolute atomic E-state index is 0.0154. The number of ether oxygens (including phenoxy) is 1. The van der Waals surface area contributed by atoms with Crippen LogP contribution in [0.25, 0.3) is 0 Å². The number of carbonyl (C=O) groups excluding carboxylic acids is 1. The maximum Gasteiger partial charge on any atom is 0.220 e. The largest absolute Gasteiger partial charge is 0.490 e. The molecule has 22 heavy (non-hydrogen) atoms. The Hall–Kier alpha value is -1.79. The van der Waals surface area contributed by atoms with Crippen molar-refractivity contribution in [3.63, 3.8) is 0 Å². The van der Waals surface area contributed by atoms with E-state index in [1.807, 2.05) is 37.2 Å². The highest BCUT2D eigenvalue weighted by molar-refractivity contribution is 5.76. The summed E-state index contributed by atoms with van der Waals surface area (Å²) in [5.74, 6) is 0.663. The molecule has 0 atom stereocenters. The molecule has 0 aliphatic carbocycles. The second-order valence-corrected chi connectivity index (χ2v) is 5.45. The van der Waals surface area contributed by atoms with Crippen LogP contribution in [-0.2, 0) is 11.2 Å². The Morgan fingerprint density at radius 3 is 2.82 bits per heavy atom. The van der Waals surface area contributed by atoms with Crippen molar-refractivity contribution in [1.82, 2.24) is 10.2 Å². The lowest BCUT2D eigenvalue weighted by Crippen LogP contribution is -2.25. The van der Waals surface area contributed by atoms with E-state index >= 15 is 0 Å². The van der Waals surface area contributed by atoms with Gasteiger partial charge in [-0.2, -0.15) is 0 Å². The molecule has 0 aromatic heterocycles. The molecule has 0 bridgehead atoms. The van der Waals surface area contributed by atoms with Crippen LogP contribution >= 0.6 is 0 Å². The van der Waals surface area contributed by atoms with Crippen molar-refractivity contribution in [2.45, 2.75) is 19.3 Å². The summed E-state index contributed by atoms with van der Waals surface area (Å²) in [6, 6.07) is 5.64. The number of anilines is 1. The number of likely N-dealkylation sites (N-methyl/N-ethyl adjacent to an activating group) is 1. The number of nitrogens with two attached hydrogens (primary N) is 1. The van der Waals surface area contributed by atoms with E-state index < -0.39 is 0 Å². The van der Waals surface area contributed by atoms with Gasteiger partial charge < -0.3 is 25.8 Å². The van der Waals surface area contributed by atoms with Crippen molar-refractivity contribution in [3.8, 4) is 5.75 Å². The highest BCUT2D eigenvalue weighted by Crippen LogP contribution is 2.23. The summed E-state index contributed by atoms with van der Waals surface area (Å²) in [4.78, 5) is 13.6. The average Bonchev–Trinajstić information content (AvgIpc) is 2.47. The van der Waals surface area contributed by atoms with Crippen molar-refractivity contribution < 1.29 is 14.6 Å². The highest BCUT2D eigenvalue weighted by atomic mass is 16.5. The van der Waals surface area contributed by atoms with Crippen molar-refractivity contribution in [3.05, 3.63) is 23.8 Å². The van der Waals surface area contributed by atoms with Crippen molar-refractivity contribution >= 4 is 11.6 Å². The lowest BCUT2D eigenvalue weighted by molar-refractivity contribution is -0.121. The number of hydrogen-bond donors (Lipinski definition) is 3. The Balaban J connectivity index is 2.39. The molecular formula is C16H27N3O3. The summed E-state index contributed by atoms with van der Waals surface area (Å²) in [7, 11) is 3.98. The molecule has 0 aliphatic rings. The van der Waals surface area contributed by atoms with Gasteiger partial charge in [0.05, 0.1) is 5.69 Å². The standard InChI is InChI=1S/C16H27N3O3/c1-19(2)9-11-22-15-6-4-13(12-14(15)17)5-7-16(21)18-8-3-10-20/h4,6,12,20H,3,5,7-11,17H2,1-2H3,(H,18,21). The topological polar surface area (TPSA) is 87.8 Å². The number of rotatable bonds is 10. The second-order valence-electron chi connectivity index (χ2n) is 5.45. The van der Waals surface area contributed by atoms with Crippen LogP contribution in [0.3, 0.4) is 0 Å². The third-order valence-corrected chi connectivity index (χ3v) is 3.17. The lowest BCUT2D eigenvalue weighted by Gasteiger charge is -2.13. The van der Waals surface area contributed by atoms with Gasteiger partial charge in [-0.1, -0.05) is 6.07 Å². The van der Waals surface area contributed by atoms with Gasteiger partial charge in [0.25, 0.3) is 0 Å². The van der Waals surface area contributed by atoms with Crippen LogP contribution in [0.5, 0.6) is 5.75 Å². The van der Waals surface area contributed by atoms with Crippen LogP contribution in [0.1, 0.15) is 18.4 Å². The smallest absolute Gasteiger partial charge is 0.220 e. The minimum Gasteiger partial charge on any atom is -0.490 e. The van der Waals surface area contributed by atoms with Crippen LogP contribution < -0.4 is 15.8 Å². The molecule has 0 spiro atoms. The van der Waals surface area contributed by atoms with Crippen LogP contribution in [0.15, 0.2) is 18.2 Å². The van der Waals surface area contributed by atoms with E-state index in [0.29, 0.717) is 43.9 Å². The molecule has 0 fully saturated rings. The Bertz CT molecular complexity index is 464. The molecule has 4 N–H and O–H groups in total. The van der Waals surface area contributed by atoms with Gasteiger partial charge in [-0.25, -0.2) is 0 Å². The summed E-state index contributed by atoms with van der Waals surface area (Å²) >= 11 is 0. The van der Waals surface area contributed by atoms with Crippen molar-refractivity contribution in [2.24, 2.45) is 0 Å². The zero-order chi connectivity index (χ0) is 16.4. The van der Waals surface area contributed by atoms with Crippen LogP contribution in [0, 0.1) is 0 Å². The molecule has 0 unspecified atom stereocenters. The SMILES string of the molecule is CN(C)CCOc1ccc(CCC(=O)NCCCO)cc1N. The fourth-order valence-corrected chi connectivity index (χ4v) is 1.88. The molecule has 1 aromatic rings. The quantitative estimate of drug-likeness (QED) is 0.436. The monoisotopic (exact) mass is 309 g/mol. The molecule has 1 aromatic carbocycles. The van der Waals surface area contributed by atoms with E-state index in [9.17, 15) is 4.79 Å². The Morgan fingerprint density at radius 2 is 2.18 bits per heavy atom. The number of benzene rings is 1. The Morgan fingerprint density at radius 1 is 1.41 bits per heavy atom. The summed E-state index contributed by atoms with van der Waals surface area (Å²) in [5, 5.41) is 11.4. The molecule has 0 saturated carbocycles. The maximum atomic E-state index is 11.6. The van der Waals surface area contributed by atoms with Gasteiger partial charge in [-0.3, -0.25) is 4.79 Å². The van der Waals surface area contributed by atoms with Crippen LogP contribution in [0.4, 0.5) is 5.69 Å². The number of aryl methyl sites for hydroxylation is 1. The third kappa shape index (κ3) is 7.28. The number of nitrogens with one attached hydrogen (secondary N) is 1. The number of amides is 1. The third-order valence-electron chi connectivity index (χ3n) is 3.17. The number of aliphatic hydroxyl groups excluding tert-OH is 1. The summed E-state index contributed by atoms with van der Waals surface area (Å²) in [5.41, 5.74) is 7.58. The van der Waals surface area contributed by atoms with Crippen LogP contribution in [0.2, 0.25) is 0 Å². The first-order valence-electron chi connectivity index (χ1n) is 7.56. The van der Waals surface area contributed by atoms with Crippen molar-refractivity contribution in [1.29, 1.82) is 0 Å². The number of nitrogens with zero attached hydrogens (tertiary/aromatic N) is 1. The van der Waals surface area contributed by atoms with Gasteiger partial charge in [0.15, 0.2) is 0 Å². The van der Waals surface area contributed by atoms with Gasteiger partial charge in [0.1, 0.15) is 12.4 Å². The fourth-order valence-electron chi connectivity index (χ4n) is 1.88. The minimum atomic E-state index is -0.0154. The van der Waals surface area contributed by atoms with E-state index in [4.69, 9.17) is 15.6 Å².